The monoisotopic (exact) mass is 464 g/mol. The normalized spacial score (nSPS) is 27.3. The van der Waals surface area contributed by atoms with Crippen LogP contribution in [0.3, 0.4) is 0 Å². The average molecular weight is 465 g/mol. The summed E-state index contributed by atoms with van der Waals surface area (Å²) in [5, 5.41) is 14.0. The number of benzene rings is 1. The Morgan fingerprint density at radius 1 is 1.12 bits per heavy atom. The van der Waals surface area contributed by atoms with E-state index in [0.29, 0.717) is 6.04 Å². The smallest absolute Gasteiger partial charge is 0.254 e. The van der Waals surface area contributed by atoms with Crippen LogP contribution in [0.15, 0.2) is 35.6 Å². The number of nitrogens with zero attached hydrogens (tertiary/aromatic N) is 2. The van der Waals surface area contributed by atoms with Crippen LogP contribution in [0, 0.1) is 6.92 Å². The highest BCUT2D eigenvalue weighted by atomic mass is 16.2. The third-order valence-electron chi connectivity index (χ3n) is 7.49. The van der Waals surface area contributed by atoms with Crippen LogP contribution in [0.5, 0.6) is 0 Å². The van der Waals surface area contributed by atoms with E-state index in [1.165, 1.54) is 55.6 Å². The Kier molecular flexibility index (Phi) is 6.84. The Balaban J connectivity index is 1.42. The third-order valence-corrected chi connectivity index (χ3v) is 7.49. The fraction of sp³-hybridized carbons (Fsp3) is 0.593. The van der Waals surface area contributed by atoms with Gasteiger partial charge in [-0.05, 0) is 95.4 Å². The molecule has 4 aliphatic heterocycles. The van der Waals surface area contributed by atoms with Gasteiger partial charge in [0.15, 0.2) is 6.29 Å². The number of allylic oxidation sites excluding steroid dienone is 1. The highest BCUT2D eigenvalue weighted by Gasteiger charge is 2.37. The van der Waals surface area contributed by atoms with Crippen molar-refractivity contribution in [3.05, 3.63) is 46.7 Å². The van der Waals surface area contributed by atoms with Gasteiger partial charge in [0.25, 0.3) is 5.91 Å². The maximum atomic E-state index is 13.3. The Bertz CT molecular complexity index is 972. The van der Waals surface area contributed by atoms with E-state index in [4.69, 9.17) is 0 Å². The second kappa shape index (κ2) is 10.0. The molecule has 7 heteroatoms. The van der Waals surface area contributed by atoms with Crippen molar-refractivity contribution in [2.24, 2.45) is 0 Å². The van der Waals surface area contributed by atoms with E-state index in [0.717, 1.165) is 43.0 Å². The van der Waals surface area contributed by atoms with E-state index in [2.05, 4.69) is 57.0 Å². The number of dihydropyridines is 1. The van der Waals surface area contributed by atoms with E-state index >= 15 is 0 Å². The van der Waals surface area contributed by atoms with Gasteiger partial charge < -0.3 is 26.2 Å². The summed E-state index contributed by atoms with van der Waals surface area (Å²) in [5.41, 5.74) is 6.77. The number of likely N-dealkylation sites (tertiary alicyclic amines) is 1. The van der Waals surface area contributed by atoms with Crippen LogP contribution < -0.4 is 26.2 Å². The first-order valence-corrected chi connectivity index (χ1v) is 13.1. The molecule has 2 saturated heterocycles. The summed E-state index contributed by atoms with van der Waals surface area (Å²) in [4.78, 5) is 18.3. The van der Waals surface area contributed by atoms with Gasteiger partial charge in [-0.1, -0.05) is 12.5 Å². The molecule has 7 nitrogen and oxygen atoms in total. The maximum Gasteiger partial charge on any atom is 0.254 e. The molecule has 0 bridgehead atoms. The number of carbonyl (C=O) groups excluding carboxylic acids is 1. The van der Waals surface area contributed by atoms with Crippen LogP contribution in [0.2, 0.25) is 0 Å². The first-order valence-electron chi connectivity index (χ1n) is 13.1. The molecule has 0 saturated carbocycles. The third kappa shape index (κ3) is 4.96. The molecule has 0 aromatic heterocycles. The number of hydrogen-bond acceptors (Lipinski definition) is 6. The number of carbonyl (C=O) groups is 1. The summed E-state index contributed by atoms with van der Waals surface area (Å²) in [7, 11) is 0. The van der Waals surface area contributed by atoms with E-state index < -0.39 is 0 Å². The molecule has 2 unspecified atom stereocenters. The number of aryl methyl sites for hydroxylation is 1. The van der Waals surface area contributed by atoms with Crippen LogP contribution in [-0.2, 0) is 11.3 Å². The van der Waals surface area contributed by atoms with Gasteiger partial charge in [0.05, 0.1) is 11.4 Å². The fourth-order valence-electron chi connectivity index (χ4n) is 6.02. The molecule has 3 atom stereocenters. The van der Waals surface area contributed by atoms with Crippen molar-refractivity contribution >= 4 is 17.3 Å². The lowest BCUT2D eigenvalue weighted by molar-refractivity contribution is -0.117. The SMILES string of the molecule is CC1=CC(C(=O)NC2Nc3cc(CN4CCCC4)cc(C)c3N2[C@@H]2CCCCNC2)=CC(C)N1. The molecule has 4 N–H and O–H groups in total. The second-order valence-electron chi connectivity index (χ2n) is 10.5. The van der Waals surface area contributed by atoms with E-state index in [1.807, 2.05) is 19.1 Å². The van der Waals surface area contributed by atoms with Crippen LogP contribution in [0.25, 0.3) is 0 Å². The molecule has 0 spiro atoms. The van der Waals surface area contributed by atoms with Gasteiger partial charge in [-0.2, -0.15) is 0 Å². The first-order chi connectivity index (χ1) is 16.5. The summed E-state index contributed by atoms with van der Waals surface area (Å²) in [6.45, 7) is 11.7. The molecule has 4 aliphatic rings. The highest BCUT2D eigenvalue weighted by molar-refractivity contribution is 5.97. The van der Waals surface area contributed by atoms with Crippen LogP contribution >= 0.6 is 0 Å². The molecule has 34 heavy (non-hydrogen) atoms. The molecule has 1 aromatic rings. The summed E-state index contributed by atoms with van der Waals surface area (Å²) < 4.78 is 0. The first kappa shape index (κ1) is 23.2. The number of fused-ring (bicyclic) bond motifs is 1. The van der Waals surface area contributed by atoms with Crippen molar-refractivity contribution in [1.82, 2.24) is 20.9 Å². The Morgan fingerprint density at radius 2 is 1.94 bits per heavy atom. The van der Waals surface area contributed by atoms with Gasteiger partial charge >= 0.3 is 0 Å². The lowest BCUT2D eigenvalue weighted by Crippen LogP contribution is -2.56. The Labute approximate surface area is 204 Å². The fourth-order valence-corrected chi connectivity index (χ4v) is 6.02. The van der Waals surface area contributed by atoms with Crippen molar-refractivity contribution in [3.63, 3.8) is 0 Å². The van der Waals surface area contributed by atoms with Gasteiger partial charge in [0.1, 0.15) is 0 Å². The van der Waals surface area contributed by atoms with Gasteiger partial charge in [0, 0.05) is 36.4 Å². The quantitative estimate of drug-likeness (QED) is 0.537. The molecule has 0 radical (unpaired) electrons. The van der Waals surface area contributed by atoms with Crippen molar-refractivity contribution in [3.8, 4) is 0 Å². The zero-order valence-corrected chi connectivity index (χ0v) is 20.9. The minimum absolute atomic E-state index is 0.0282. The molecule has 1 amide bonds. The lowest BCUT2D eigenvalue weighted by Gasteiger charge is -2.35. The van der Waals surface area contributed by atoms with Crippen LogP contribution in [0.4, 0.5) is 11.4 Å². The van der Waals surface area contributed by atoms with E-state index in [9.17, 15) is 4.79 Å². The molecular weight excluding hydrogens is 424 g/mol. The Morgan fingerprint density at radius 3 is 2.74 bits per heavy atom. The standard InChI is InChI=1S/C27H40N6O/c1-18-12-21(17-32-10-6-7-11-32)15-24-25(18)33(23-8-4-5-9-28-16-23)27(30-24)31-26(34)22-13-19(2)29-20(3)14-22/h12-15,19,23,27-30H,4-11,16-17H2,1-3H3,(H,31,34)/t19?,23-,27?/m1/s1. The summed E-state index contributed by atoms with van der Waals surface area (Å²) in [5.74, 6) is -0.0282. The van der Waals surface area contributed by atoms with Crippen LogP contribution in [-0.4, -0.2) is 55.4 Å². The predicted octanol–water partition coefficient (Wildman–Crippen LogP) is 3.19. The topological polar surface area (TPSA) is 71.7 Å². The Hall–Kier alpha value is -2.51. The number of rotatable bonds is 5. The lowest BCUT2D eigenvalue weighted by atomic mass is 10.0. The van der Waals surface area contributed by atoms with Crippen LogP contribution in [0.1, 0.15) is 57.1 Å². The zero-order chi connectivity index (χ0) is 23.7. The number of amides is 1. The highest BCUT2D eigenvalue weighted by Crippen LogP contribution is 2.40. The molecule has 2 fully saturated rings. The van der Waals surface area contributed by atoms with Gasteiger partial charge in [-0.15, -0.1) is 0 Å². The predicted molar refractivity (Wildman–Crippen MR) is 139 cm³/mol. The molecular formula is C27H40N6O. The minimum Gasteiger partial charge on any atom is -0.383 e. The van der Waals surface area contributed by atoms with Gasteiger partial charge in [-0.3, -0.25) is 9.69 Å². The van der Waals surface area contributed by atoms with Crippen molar-refractivity contribution in [2.75, 3.05) is 36.4 Å². The van der Waals surface area contributed by atoms with E-state index in [1.54, 1.807) is 0 Å². The largest absolute Gasteiger partial charge is 0.383 e. The van der Waals surface area contributed by atoms with Crippen molar-refractivity contribution in [1.29, 1.82) is 0 Å². The number of hydrogen-bond donors (Lipinski definition) is 4. The van der Waals surface area contributed by atoms with Gasteiger partial charge in [0.2, 0.25) is 0 Å². The molecule has 1 aromatic carbocycles. The summed E-state index contributed by atoms with van der Waals surface area (Å²) >= 11 is 0. The minimum atomic E-state index is -0.257. The molecule has 5 rings (SSSR count). The van der Waals surface area contributed by atoms with Crippen molar-refractivity contribution < 1.29 is 4.79 Å². The number of nitrogens with one attached hydrogen (secondary N) is 4. The maximum absolute atomic E-state index is 13.3. The average Bonchev–Trinajstić information content (AvgIpc) is 3.33. The van der Waals surface area contributed by atoms with Gasteiger partial charge in [-0.25, -0.2) is 0 Å². The zero-order valence-electron chi connectivity index (χ0n) is 20.9. The van der Waals surface area contributed by atoms with E-state index in [-0.39, 0.29) is 18.2 Å². The number of anilines is 2. The molecule has 184 valence electrons. The molecule has 0 aliphatic carbocycles. The second-order valence-corrected chi connectivity index (χ2v) is 10.5. The molecule has 4 heterocycles. The summed E-state index contributed by atoms with van der Waals surface area (Å²) in [6, 6.07) is 5.14. The summed E-state index contributed by atoms with van der Waals surface area (Å²) in [6.07, 6.45) is 9.82. The van der Waals surface area contributed by atoms with Crippen molar-refractivity contribution in [2.45, 2.75) is 77.8 Å².